The summed E-state index contributed by atoms with van der Waals surface area (Å²) < 4.78 is 4.66. The molecule has 0 unspecified atom stereocenters. The highest BCUT2D eigenvalue weighted by Gasteiger charge is 2.11. The molecule has 2 aromatic carbocycles. The summed E-state index contributed by atoms with van der Waals surface area (Å²) in [5, 5.41) is 6.10. The van der Waals surface area contributed by atoms with Gasteiger partial charge in [0.2, 0.25) is 5.91 Å². The number of ether oxygens (including phenoxy) is 1. The lowest BCUT2D eigenvalue weighted by Gasteiger charge is -2.11. The number of halogens is 1. The van der Waals surface area contributed by atoms with Gasteiger partial charge >= 0.3 is 5.97 Å². The van der Waals surface area contributed by atoms with Gasteiger partial charge in [-0.15, -0.1) is 0 Å². The van der Waals surface area contributed by atoms with Crippen LogP contribution < -0.4 is 10.6 Å². The van der Waals surface area contributed by atoms with Gasteiger partial charge in [0.15, 0.2) is 0 Å². The van der Waals surface area contributed by atoms with Crippen LogP contribution in [0.4, 0.5) is 11.4 Å². The molecule has 0 aliphatic carbocycles. The van der Waals surface area contributed by atoms with Crippen LogP contribution in [0, 0.1) is 13.8 Å². The molecule has 0 heterocycles. The van der Waals surface area contributed by atoms with Gasteiger partial charge in [-0.3, -0.25) is 4.79 Å². The summed E-state index contributed by atoms with van der Waals surface area (Å²) in [5.74, 6) is -0.756. The number of aryl methyl sites for hydroxylation is 2. The van der Waals surface area contributed by atoms with Crippen molar-refractivity contribution < 1.29 is 14.3 Å². The zero-order valence-corrected chi connectivity index (χ0v) is 14.5. The topological polar surface area (TPSA) is 67.4 Å². The Balaban J connectivity index is 2.03. The predicted molar refractivity (Wildman–Crippen MR) is 95.8 cm³/mol. The molecule has 126 valence electrons. The second-order valence-electron chi connectivity index (χ2n) is 5.46. The highest BCUT2D eigenvalue weighted by atomic mass is 35.5. The van der Waals surface area contributed by atoms with Crippen molar-refractivity contribution in [3.05, 3.63) is 58.1 Å². The van der Waals surface area contributed by atoms with Crippen LogP contribution in [0.3, 0.4) is 0 Å². The van der Waals surface area contributed by atoms with Crippen molar-refractivity contribution in [1.82, 2.24) is 0 Å². The Hall–Kier alpha value is -2.53. The van der Waals surface area contributed by atoms with Crippen LogP contribution in [-0.4, -0.2) is 25.5 Å². The third-order valence-electron chi connectivity index (χ3n) is 3.34. The van der Waals surface area contributed by atoms with E-state index in [-0.39, 0.29) is 12.5 Å². The molecule has 0 spiro atoms. The van der Waals surface area contributed by atoms with Crippen molar-refractivity contribution in [3.63, 3.8) is 0 Å². The Morgan fingerprint density at radius 1 is 1.08 bits per heavy atom. The Kier molecular flexibility index (Phi) is 5.82. The summed E-state index contributed by atoms with van der Waals surface area (Å²) in [6.45, 7) is 4.08. The quantitative estimate of drug-likeness (QED) is 0.808. The van der Waals surface area contributed by atoms with Crippen LogP contribution in [0.25, 0.3) is 0 Å². The maximum atomic E-state index is 12.1. The van der Waals surface area contributed by atoms with Gasteiger partial charge in [-0.25, -0.2) is 4.79 Å². The van der Waals surface area contributed by atoms with Gasteiger partial charge in [0, 0.05) is 5.69 Å². The molecular weight excluding hydrogens is 328 g/mol. The van der Waals surface area contributed by atoms with Gasteiger partial charge < -0.3 is 15.4 Å². The number of rotatable bonds is 5. The Morgan fingerprint density at radius 3 is 2.38 bits per heavy atom. The fourth-order valence-corrected chi connectivity index (χ4v) is 2.48. The second kappa shape index (κ2) is 7.84. The molecule has 0 aromatic heterocycles. The molecule has 0 radical (unpaired) electrons. The van der Waals surface area contributed by atoms with E-state index >= 15 is 0 Å². The molecule has 6 heteroatoms. The van der Waals surface area contributed by atoms with Gasteiger partial charge in [-0.05, 0) is 55.3 Å². The van der Waals surface area contributed by atoms with Crippen LogP contribution >= 0.6 is 11.6 Å². The van der Waals surface area contributed by atoms with Crippen molar-refractivity contribution in [2.45, 2.75) is 13.8 Å². The van der Waals surface area contributed by atoms with Crippen molar-refractivity contribution in [2.24, 2.45) is 0 Å². The fourth-order valence-electron chi connectivity index (χ4n) is 2.32. The summed E-state index contributed by atoms with van der Waals surface area (Å²) in [5.41, 5.74) is 3.79. The number of hydrogen-bond acceptors (Lipinski definition) is 4. The third kappa shape index (κ3) is 4.73. The summed E-state index contributed by atoms with van der Waals surface area (Å²) in [4.78, 5) is 23.7. The molecule has 0 saturated heterocycles. The van der Waals surface area contributed by atoms with Gasteiger partial charge in [0.25, 0.3) is 0 Å². The number of carbonyl (C=O) groups is 2. The number of methoxy groups -OCH3 is 1. The average Bonchev–Trinajstić information content (AvgIpc) is 2.53. The number of benzene rings is 2. The first-order valence-electron chi connectivity index (χ1n) is 7.39. The molecule has 0 bridgehead atoms. The number of nitrogens with one attached hydrogen (secondary N) is 2. The Morgan fingerprint density at radius 2 is 1.75 bits per heavy atom. The molecular formula is C18H19ClN2O3. The van der Waals surface area contributed by atoms with E-state index in [2.05, 4.69) is 21.4 Å². The molecule has 5 nitrogen and oxygen atoms in total. The van der Waals surface area contributed by atoms with Gasteiger partial charge in [-0.2, -0.15) is 0 Å². The molecule has 0 saturated carbocycles. The maximum absolute atomic E-state index is 12.1. The minimum absolute atomic E-state index is 0.0850. The van der Waals surface area contributed by atoms with Gasteiger partial charge in [-0.1, -0.05) is 17.7 Å². The van der Waals surface area contributed by atoms with E-state index in [0.29, 0.717) is 16.3 Å². The van der Waals surface area contributed by atoms with E-state index in [1.807, 2.05) is 26.0 Å². The number of esters is 1. The lowest BCUT2D eigenvalue weighted by Crippen LogP contribution is -2.22. The highest BCUT2D eigenvalue weighted by Crippen LogP contribution is 2.23. The van der Waals surface area contributed by atoms with Crippen LogP contribution in [0.2, 0.25) is 5.02 Å². The minimum Gasteiger partial charge on any atom is -0.465 e. The molecule has 0 aliphatic heterocycles. The lowest BCUT2D eigenvalue weighted by molar-refractivity contribution is -0.114. The van der Waals surface area contributed by atoms with E-state index in [9.17, 15) is 9.59 Å². The fraction of sp³-hybridized carbons (Fsp3) is 0.222. The summed E-state index contributed by atoms with van der Waals surface area (Å²) >= 11 is 6.06. The third-order valence-corrected chi connectivity index (χ3v) is 3.67. The van der Waals surface area contributed by atoms with E-state index < -0.39 is 5.97 Å². The number of hydrogen-bond donors (Lipinski definition) is 2. The Bertz CT molecular complexity index is 755. The van der Waals surface area contributed by atoms with Crippen LogP contribution in [0.5, 0.6) is 0 Å². The monoisotopic (exact) mass is 346 g/mol. The summed E-state index contributed by atoms with van der Waals surface area (Å²) in [7, 11) is 1.29. The highest BCUT2D eigenvalue weighted by molar-refractivity contribution is 6.33. The van der Waals surface area contributed by atoms with Crippen molar-refractivity contribution >= 4 is 34.9 Å². The first-order chi connectivity index (χ1) is 11.4. The lowest BCUT2D eigenvalue weighted by atomic mass is 10.1. The number of amides is 1. The zero-order valence-electron chi connectivity index (χ0n) is 13.8. The molecule has 0 fully saturated rings. The molecule has 0 atom stereocenters. The van der Waals surface area contributed by atoms with Gasteiger partial charge in [0.1, 0.15) is 0 Å². The first kappa shape index (κ1) is 17.8. The van der Waals surface area contributed by atoms with E-state index in [1.54, 1.807) is 6.07 Å². The van der Waals surface area contributed by atoms with E-state index in [1.165, 1.54) is 19.2 Å². The molecule has 0 aliphatic rings. The predicted octanol–water partition coefficient (Wildman–Crippen LogP) is 3.79. The average molecular weight is 347 g/mol. The normalized spacial score (nSPS) is 10.2. The SMILES string of the molecule is COC(=O)c1ccc(Cl)c(NC(=O)CNc2cc(C)cc(C)c2)c1. The molecule has 2 aromatic rings. The molecule has 2 N–H and O–H groups in total. The van der Waals surface area contributed by atoms with E-state index in [0.717, 1.165) is 16.8 Å². The molecule has 2 rings (SSSR count). The summed E-state index contributed by atoms with van der Waals surface area (Å²) in [6.07, 6.45) is 0. The molecule has 1 amide bonds. The van der Waals surface area contributed by atoms with Crippen molar-refractivity contribution in [1.29, 1.82) is 0 Å². The minimum atomic E-state index is -0.490. The maximum Gasteiger partial charge on any atom is 0.337 e. The van der Waals surface area contributed by atoms with Gasteiger partial charge in [0.05, 0.1) is 29.9 Å². The second-order valence-corrected chi connectivity index (χ2v) is 5.87. The van der Waals surface area contributed by atoms with Crippen LogP contribution in [-0.2, 0) is 9.53 Å². The Labute approximate surface area is 146 Å². The first-order valence-corrected chi connectivity index (χ1v) is 7.76. The van der Waals surface area contributed by atoms with Crippen LogP contribution in [0.1, 0.15) is 21.5 Å². The van der Waals surface area contributed by atoms with Crippen LogP contribution in [0.15, 0.2) is 36.4 Å². The standard InChI is InChI=1S/C18H19ClN2O3/c1-11-6-12(2)8-14(7-11)20-10-17(22)21-16-9-13(18(23)24-3)4-5-15(16)19/h4-9,20H,10H2,1-3H3,(H,21,22). The van der Waals surface area contributed by atoms with Crippen molar-refractivity contribution in [3.8, 4) is 0 Å². The van der Waals surface area contributed by atoms with E-state index in [4.69, 9.17) is 11.6 Å². The summed E-state index contributed by atoms with van der Waals surface area (Å²) in [6, 6.07) is 10.6. The smallest absolute Gasteiger partial charge is 0.337 e. The largest absolute Gasteiger partial charge is 0.465 e. The molecule has 24 heavy (non-hydrogen) atoms. The zero-order chi connectivity index (χ0) is 17.7. The number of carbonyl (C=O) groups excluding carboxylic acids is 2. The van der Waals surface area contributed by atoms with Crippen molar-refractivity contribution in [2.75, 3.05) is 24.3 Å². The number of anilines is 2.